The molecule has 0 saturated heterocycles. The smallest absolute Gasteiger partial charge is 0.321 e. The van der Waals surface area contributed by atoms with Gasteiger partial charge in [0.15, 0.2) is 0 Å². The zero-order valence-corrected chi connectivity index (χ0v) is 14.8. The maximum absolute atomic E-state index is 13.5. The molecule has 3 rings (SSSR count). The van der Waals surface area contributed by atoms with Crippen LogP contribution in [0.5, 0.6) is 0 Å². The van der Waals surface area contributed by atoms with Crippen molar-refractivity contribution in [1.29, 1.82) is 0 Å². The number of benzene rings is 2. The molecule has 2 amide bonds. The van der Waals surface area contributed by atoms with Crippen LogP contribution < -0.4 is 10.6 Å². The number of anilines is 1. The van der Waals surface area contributed by atoms with E-state index in [1.54, 1.807) is 12.1 Å². The van der Waals surface area contributed by atoms with Crippen LogP contribution in [0.3, 0.4) is 0 Å². The first-order valence-corrected chi connectivity index (χ1v) is 8.87. The van der Waals surface area contributed by atoms with Crippen LogP contribution in [0, 0.1) is 17.5 Å². The van der Waals surface area contributed by atoms with E-state index >= 15 is 0 Å². The maximum atomic E-state index is 13.5. The van der Waals surface area contributed by atoms with E-state index in [2.05, 4.69) is 20.8 Å². The summed E-state index contributed by atoms with van der Waals surface area (Å²) in [5, 5.41) is 13.9. The maximum Gasteiger partial charge on any atom is 0.321 e. The first-order valence-electron chi connectivity index (χ1n) is 8.05. The molecule has 5 nitrogen and oxygen atoms in total. The van der Waals surface area contributed by atoms with E-state index < -0.39 is 17.7 Å². The minimum atomic E-state index is -0.650. The van der Waals surface area contributed by atoms with Gasteiger partial charge in [0.25, 0.3) is 0 Å². The van der Waals surface area contributed by atoms with E-state index in [4.69, 9.17) is 0 Å². The van der Waals surface area contributed by atoms with Crippen molar-refractivity contribution in [3.8, 4) is 0 Å². The quantitative estimate of drug-likeness (QED) is 0.668. The number of amides is 2. The van der Waals surface area contributed by atoms with E-state index in [0.29, 0.717) is 22.1 Å². The number of halogens is 3. The first kappa shape index (κ1) is 18.8. The van der Waals surface area contributed by atoms with Gasteiger partial charge in [-0.2, -0.15) is 0 Å². The molecule has 2 aromatic carbocycles. The number of aromatic nitrogens is 2. The van der Waals surface area contributed by atoms with Crippen molar-refractivity contribution in [3.05, 3.63) is 76.1 Å². The van der Waals surface area contributed by atoms with E-state index in [-0.39, 0.29) is 18.8 Å². The van der Waals surface area contributed by atoms with Gasteiger partial charge in [-0.15, -0.1) is 10.2 Å². The molecule has 1 heterocycles. The van der Waals surface area contributed by atoms with Crippen LogP contribution in [0.15, 0.2) is 42.5 Å². The molecule has 0 atom stereocenters. The lowest BCUT2D eigenvalue weighted by molar-refractivity contribution is 0.252. The minimum absolute atomic E-state index is 0.170. The molecule has 0 saturated carbocycles. The minimum Gasteiger partial charge on any atom is -0.337 e. The van der Waals surface area contributed by atoms with Crippen LogP contribution in [0.4, 0.5) is 23.1 Å². The molecule has 140 valence electrons. The number of carbonyl (C=O) groups excluding carboxylic acids is 1. The van der Waals surface area contributed by atoms with Crippen LogP contribution in [0.25, 0.3) is 0 Å². The number of hydrogen-bond acceptors (Lipinski definition) is 4. The molecule has 0 unspecified atom stereocenters. The highest BCUT2D eigenvalue weighted by molar-refractivity contribution is 7.15. The van der Waals surface area contributed by atoms with Crippen LogP contribution in [-0.4, -0.2) is 22.8 Å². The Morgan fingerprint density at radius 3 is 2.63 bits per heavy atom. The Bertz CT molecular complexity index is 948. The largest absolute Gasteiger partial charge is 0.337 e. The zero-order chi connectivity index (χ0) is 19.2. The predicted octanol–water partition coefficient (Wildman–Crippen LogP) is 3.91. The molecule has 27 heavy (non-hydrogen) atoms. The fourth-order valence-corrected chi connectivity index (χ4v) is 3.14. The summed E-state index contributed by atoms with van der Waals surface area (Å²) >= 11 is 1.18. The van der Waals surface area contributed by atoms with Gasteiger partial charge in [-0.1, -0.05) is 29.5 Å². The molecule has 3 aromatic rings. The van der Waals surface area contributed by atoms with Crippen molar-refractivity contribution < 1.29 is 18.0 Å². The lowest BCUT2D eigenvalue weighted by Crippen LogP contribution is -2.30. The van der Waals surface area contributed by atoms with Crippen molar-refractivity contribution in [2.24, 2.45) is 0 Å². The Kier molecular flexibility index (Phi) is 6.02. The van der Waals surface area contributed by atoms with Crippen molar-refractivity contribution in [2.45, 2.75) is 12.8 Å². The van der Waals surface area contributed by atoms with Gasteiger partial charge in [-0.25, -0.2) is 18.0 Å². The van der Waals surface area contributed by atoms with Gasteiger partial charge >= 0.3 is 6.03 Å². The second kappa shape index (κ2) is 8.63. The van der Waals surface area contributed by atoms with Crippen LogP contribution in [0.1, 0.15) is 16.1 Å². The Labute approximate surface area is 157 Å². The fourth-order valence-electron chi connectivity index (χ4n) is 2.37. The van der Waals surface area contributed by atoms with Crippen molar-refractivity contribution in [3.63, 3.8) is 0 Å². The predicted molar refractivity (Wildman–Crippen MR) is 96.2 cm³/mol. The standard InChI is InChI=1S/C18H15F3N4OS/c19-13-3-1-2-11(8-13)9-16-24-25-18(27-16)23-17(26)22-7-6-12-4-5-14(20)10-15(12)21/h1-5,8,10H,6-7,9H2,(H2,22,23,25,26). The van der Waals surface area contributed by atoms with Gasteiger partial charge in [0.2, 0.25) is 5.13 Å². The first-order chi connectivity index (χ1) is 13.0. The van der Waals surface area contributed by atoms with E-state index in [1.807, 2.05) is 0 Å². The molecule has 0 fully saturated rings. The van der Waals surface area contributed by atoms with Gasteiger partial charge in [-0.05, 0) is 35.7 Å². The van der Waals surface area contributed by atoms with Crippen molar-refractivity contribution in [2.75, 3.05) is 11.9 Å². The third-order valence-corrected chi connectivity index (χ3v) is 4.47. The Morgan fingerprint density at radius 2 is 1.85 bits per heavy atom. The summed E-state index contributed by atoms with van der Waals surface area (Å²) in [6.07, 6.45) is 0.628. The summed E-state index contributed by atoms with van der Waals surface area (Å²) in [6.45, 7) is 0.170. The molecule has 0 aliphatic rings. The van der Waals surface area contributed by atoms with Crippen molar-refractivity contribution >= 4 is 22.5 Å². The second-order valence-electron chi connectivity index (χ2n) is 5.67. The molecule has 0 aliphatic carbocycles. The van der Waals surface area contributed by atoms with E-state index in [9.17, 15) is 18.0 Å². The van der Waals surface area contributed by atoms with Gasteiger partial charge in [0.05, 0.1) is 0 Å². The summed E-state index contributed by atoms with van der Waals surface area (Å²) < 4.78 is 39.6. The van der Waals surface area contributed by atoms with Crippen molar-refractivity contribution in [1.82, 2.24) is 15.5 Å². The van der Waals surface area contributed by atoms with Crippen LogP contribution >= 0.6 is 11.3 Å². The monoisotopic (exact) mass is 392 g/mol. The summed E-state index contributed by atoms with van der Waals surface area (Å²) in [5.41, 5.74) is 1.06. The number of hydrogen-bond donors (Lipinski definition) is 2. The molecule has 0 spiro atoms. The van der Waals surface area contributed by atoms with Gasteiger partial charge in [0, 0.05) is 19.0 Å². The molecule has 9 heteroatoms. The molecule has 2 N–H and O–H groups in total. The Hall–Kier alpha value is -2.94. The number of nitrogens with one attached hydrogen (secondary N) is 2. The van der Waals surface area contributed by atoms with E-state index in [1.165, 1.54) is 35.6 Å². The summed E-state index contributed by atoms with van der Waals surface area (Å²) in [7, 11) is 0. The third kappa shape index (κ3) is 5.52. The fraction of sp³-hybridized carbons (Fsp3) is 0.167. The van der Waals surface area contributed by atoms with Gasteiger partial charge in [-0.3, -0.25) is 5.32 Å². The lowest BCUT2D eigenvalue weighted by Gasteiger charge is -2.06. The highest BCUT2D eigenvalue weighted by atomic mass is 32.1. The highest BCUT2D eigenvalue weighted by Gasteiger charge is 2.10. The summed E-state index contributed by atoms with van der Waals surface area (Å²) in [6, 6.07) is 8.96. The number of carbonyl (C=O) groups is 1. The third-order valence-electron chi connectivity index (χ3n) is 3.63. The highest BCUT2D eigenvalue weighted by Crippen LogP contribution is 2.19. The zero-order valence-electron chi connectivity index (χ0n) is 14.0. The van der Waals surface area contributed by atoms with Crippen LogP contribution in [-0.2, 0) is 12.8 Å². The molecule has 0 aliphatic heterocycles. The molecule has 1 aromatic heterocycles. The summed E-state index contributed by atoms with van der Waals surface area (Å²) in [5.74, 6) is -1.62. The average molecular weight is 392 g/mol. The van der Waals surface area contributed by atoms with Gasteiger partial charge < -0.3 is 5.32 Å². The van der Waals surface area contributed by atoms with Gasteiger partial charge in [0.1, 0.15) is 22.5 Å². The number of nitrogens with zero attached hydrogens (tertiary/aromatic N) is 2. The molecule has 0 radical (unpaired) electrons. The Morgan fingerprint density at radius 1 is 1.04 bits per heavy atom. The molecule has 0 bridgehead atoms. The molecular formula is C18H15F3N4OS. The number of rotatable bonds is 6. The number of urea groups is 1. The second-order valence-corrected chi connectivity index (χ2v) is 6.74. The topological polar surface area (TPSA) is 66.9 Å². The normalized spacial score (nSPS) is 10.6. The average Bonchev–Trinajstić information content (AvgIpc) is 3.03. The Balaban J connectivity index is 1.47. The SMILES string of the molecule is O=C(NCCc1ccc(F)cc1F)Nc1nnc(Cc2cccc(F)c2)s1. The van der Waals surface area contributed by atoms with Crippen LogP contribution in [0.2, 0.25) is 0 Å². The lowest BCUT2D eigenvalue weighted by atomic mass is 10.1. The summed E-state index contributed by atoms with van der Waals surface area (Å²) in [4.78, 5) is 11.9. The van der Waals surface area contributed by atoms with E-state index in [0.717, 1.165) is 11.6 Å². The molecular weight excluding hydrogens is 377 g/mol.